The van der Waals surface area contributed by atoms with E-state index in [2.05, 4.69) is 31.4 Å². The number of aliphatic imine (C=N–C) groups is 1. The Hall–Kier alpha value is -1.35. The van der Waals surface area contributed by atoms with Crippen LogP contribution in [0.1, 0.15) is 39.2 Å². The first-order valence-electron chi connectivity index (χ1n) is 9.99. The lowest BCUT2D eigenvalue weighted by Gasteiger charge is -2.30. The third-order valence-corrected chi connectivity index (χ3v) is 4.96. The first kappa shape index (κ1) is 24.7. The maximum Gasteiger partial charge on any atom is 0.232 e. The van der Waals surface area contributed by atoms with Gasteiger partial charge >= 0.3 is 0 Å². The first-order chi connectivity index (χ1) is 13.0. The van der Waals surface area contributed by atoms with Crippen LogP contribution in [-0.2, 0) is 9.53 Å². The Morgan fingerprint density at radius 3 is 2.39 bits per heavy atom. The number of carbonyl (C=O) groups is 1. The van der Waals surface area contributed by atoms with Gasteiger partial charge in [-0.15, -0.1) is 24.0 Å². The van der Waals surface area contributed by atoms with E-state index in [0.29, 0.717) is 44.8 Å². The summed E-state index contributed by atoms with van der Waals surface area (Å²) in [7, 11) is 0. The third-order valence-electron chi connectivity index (χ3n) is 4.96. The van der Waals surface area contributed by atoms with E-state index >= 15 is 0 Å². The van der Waals surface area contributed by atoms with Crippen molar-refractivity contribution in [1.82, 2.24) is 15.5 Å². The molecule has 0 spiro atoms. The van der Waals surface area contributed by atoms with Crippen molar-refractivity contribution in [3.05, 3.63) is 35.9 Å². The molecule has 0 saturated carbocycles. The van der Waals surface area contributed by atoms with Gasteiger partial charge in [0.25, 0.3) is 0 Å². The van der Waals surface area contributed by atoms with Crippen molar-refractivity contribution in [2.45, 2.75) is 39.7 Å². The average molecular weight is 502 g/mol. The molecule has 7 heteroatoms. The molecule has 28 heavy (non-hydrogen) atoms. The molecule has 1 heterocycles. The Balaban J connectivity index is 0.00000392. The number of morpholine rings is 1. The predicted molar refractivity (Wildman–Crippen MR) is 125 cm³/mol. The topological polar surface area (TPSA) is 66.0 Å². The Morgan fingerprint density at radius 1 is 1.18 bits per heavy atom. The smallest absolute Gasteiger partial charge is 0.232 e. The quantitative estimate of drug-likeness (QED) is 0.342. The number of amides is 1. The molecule has 1 fully saturated rings. The van der Waals surface area contributed by atoms with Crippen LogP contribution in [0, 0.1) is 5.92 Å². The summed E-state index contributed by atoms with van der Waals surface area (Å²) in [4.78, 5) is 19.8. The van der Waals surface area contributed by atoms with Crippen molar-refractivity contribution in [1.29, 1.82) is 0 Å². The highest BCUT2D eigenvalue weighted by Gasteiger charge is 2.27. The van der Waals surface area contributed by atoms with Crippen LogP contribution in [0.5, 0.6) is 0 Å². The van der Waals surface area contributed by atoms with E-state index in [1.807, 2.05) is 42.2 Å². The van der Waals surface area contributed by atoms with E-state index in [-0.39, 0.29) is 35.8 Å². The number of carbonyl (C=O) groups excluding carboxylic acids is 1. The molecule has 2 rings (SSSR count). The molecule has 158 valence electrons. The molecule has 2 unspecified atom stereocenters. The zero-order chi connectivity index (χ0) is 19.6. The minimum Gasteiger partial charge on any atom is -0.378 e. The van der Waals surface area contributed by atoms with Crippen molar-refractivity contribution >= 4 is 35.8 Å². The minimum atomic E-state index is -0.283. The van der Waals surface area contributed by atoms with Gasteiger partial charge in [-0.1, -0.05) is 44.2 Å². The van der Waals surface area contributed by atoms with E-state index in [1.165, 1.54) is 0 Å². The fourth-order valence-electron chi connectivity index (χ4n) is 2.90. The van der Waals surface area contributed by atoms with E-state index in [4.69, 9.17) is 9.73 Å². The number of hydrogen-bond acceptors (Lipinski definition) is 3. The molecule has 0 bridgehead atoms. The van der Waals surface area contributed by atoms with Gasteiger partial charge in [-0.3, -0.25) is 9.79 Å². The van der Waals surface area contributed by atoms with Crippen LogP contribution in [-0.4, -0.2) is 62.2 Å². The summed E-state index contributed by atoms with van der Waals surface area (Å²) in [5.74, 6) is 1.10. The maximum absolute atomic E-state index is 13.2. The summed E-state index contributed by atoms with van der Waals surface area (Å²) in [6.07, 6.45) is 0. The fourth-order valence-corrected chi connectivity index (χ4v) is 2.90. The highest BCUT2D eigenvalue weighted by atomic mass is 127. The van der Waals surface area contributed by atoms with E-state index in [9.17, 15) is 4.79 Å². The molecule has 0 radical (unpaired) electrons. The fraction of sp³-hybridized carbons (Fsp3) is 0.619. The summed E-state index contributed by atoms with van der Waals surface area (Å²) in [6.45, 7) is 12.2. The van der Waals surface area contributed by atoms with Crippen LogP contribution < -0.4 is 10.6 Å². The standard InChI is InChI=1S/C21H34N4O2.HI/c1-5-22-21(24-17(4)16(2)3)23-15-19(18-9-7-6-8-10-18)20(26)25-11-13-27-14-12-25;/h6-10,16-17,19H,5,11-15H2,1-4H3,(H2,22,23,24);1H. The normalized spacial score (nSPS) is 16.9. The lowest BCUT2D eigenvalue weighted by molar-refractivity contribution is -0.136. The van der Waals surface area contributed by atoms with Crippen LogP contribution in [0.2, 0.25) is 0 Å². The molecule has 1 aromatic rings. The Morgan fingerprint density at radius 2 is 1.82 bits per heavy atom. The van der Waals surface area contributed by atoms with Gasteiger partial charge < -0.3 is 20.3 Å². The number of nitrogens with one attached hydrogen (secondary N) is 2. The van der Waals surface area contributed by atoms with Gasteiger partial charge in [0.15, 0.2) is 5.96 Å². The van der Waals surface area contributed by atoms with Crippen molar-refractivity contribution in [3.63, 3.8) is 0 Å². The largest absolute Gasteiger partial charge is 0.378 e. The SMILES string of the molecule is CCNC(=NCC(C(=O)N1CCOCC1)c1ccccc1)NC(C)C(C)C.I. The van der Waals surface area contributed by atoms with Gasteiger partial charge in [0.2, 0.25) is 5.91 Å². The molecular formula is C21H35IN4O2. The number of benzene rings is 1. The summed E-state index contributed by atoms with van der Waals surface area (Å²) in [5.41, 5.74) is 1.01. The zero-order valence-electron chi connectivity index (χ0n) is 17.5. The van der Waals surface area contributed by atoms with Gasteiger partial charge in [-0.05, 0) is 25.3 Å². The molecule has 1 amide bonds. The number of halogens is 1. The average Bonchev–Trinajstić information content (AvgIpc) is 2.69. The molecule has 0 aromatic heterocycles. The molecule has 1 aliphatic heterocycles. The number of rotatable bonds is 7. The Bertz CT molecular complexity index is 604. The number of guanidine groups is 1. The predicted octanol–water partition coefficient (Wildman–Crippen LogP) is 2.85. The van der Waals surface area contributed by atoms with Crippen LogP contribution >= 0.6 is 24.0 Å². The zero-order valence-corrected chi connectivity index (χ0v) is 19.8. The molecule has 1 saturated heterocycles. The van der Waals surface area contributed by atoms with Crippen molar-refractivity contribution in [2.75, 3.05) is 39.4 Å². The van der Waals surface area contributed by atoms with Crippen LogP contribution in [0.25, 0.3) is 0 Å². The van der Waals surface area contributed by atoms with Gasteiger partial charge in [-0.2, -0.15) is 0 Å². The highest BCUT2D eigenvalue weighted by Crippen LogP contribution is 2.20. The van der Waals surface area contributed by atoms with Crippen molar-refractivity contribution in [2.24, 2.45) is 10.9 Å². The van der Waals surface area contributed by atoms with Crippen molar-refractivity contribution in [3.8, 4) is 0 Å². The molecule has 0 aliphatic carbocycles. The molecular weight excluding hydrogens is 467 g/mol. The summed E-state index contributed by atoms with van der Waals surface area (Å²) in [6, 6.07) is 10.2. The van der Waals surface area contributed by atoms with Gasteiger partial charge in [0, 0.05) is 25.7 Å². The first-order valence-corrected chi connectivity index (χ1v) is 9.99. The Kier molecular flexibility index (Phi) is 11.4. The van der Waals surface area contributed by atoms with Gasteiger partial charge in [-0.25, -0.2) is 0 Å². The molecule has 2 atom stereocenters. The van der Waals surface area contributed by atoms with Gasteiger partial charge in [0.05, 0.1) is 25.7 Å². The summed E-state index contributed by atoms with van der Waals surface area (Å²) in [5, 5.41) is 6.72. The molecule has 1 aromatic carbocycles. The summed E-state index contributed by atoms with van der Waals surface area (Å²) < 4.78 is 5.39. The second kappa shape index (κ2) is 13.0. The van der Waals surface area contributed by atoms with Crippen LogP contribution in [0.3, 0.4) is 0 Å². The monoisotopic (exact) mass is 502 g/mol. The van der Waals surface area contributed by atoms with E-state index in [1.54, 1.807) is 0 Å². The van der Waals surface area contributed by atoms with Gasteiger partial charge in [0.1, 0.15) is 0 Å². The molecule has 6 nitrogen and oxygen atoms in total. The van der Waals surface area contributed by atoms with Crippen LogP contribution in [0.4, 0.5) is 0 Å². The highest BCUT2D eigenvalue weighted by molar-refractivity contribution is 14.0. The minimum absolute atomic E-state index is 0. The Labute approximate surface area is 186 Å². The molecule has 1 aliphatic rings. The van der Waals surface area contributed by atoms with Crippen molar-refractivity contribution < 1.29 is 9.53 Å². The summed E-state index contributed by atoms with van der Waals surface area (Å²) >= 11 is 0. The maximum atomic E-state index is 13.2. The second-order valence-electron chi connectivity index (χ2n) is 7.30. The lowest BCUT2D eigenvalue weighted by Crippen LogP contribution is -2.45. The lowest BCUT2D eigenvalue weighted by atomic mass is 9.97. The van der Waals surface area contributed by atoms with Crippen LogP contribution in [0.15, 0.2) is 35.3 Å². The van der Waals surface area contributed by atoms with E-state index in [0.717, 1.165) is 18.1 Å². The molecule has 2 N–H and O–H groups in total. The third kappa shape index (κ3) is 7.58. The van der Waals surface area contributed by atoms with E-state index < -0.39 is 0 Å². The number of nitrogens with zero attached hydrogens (tertiary/aromatic N) is 2. The number of hydrogen-bond donors (Lipinski definition) is 2. The number of ether oxygens (including phenoxy) is 1. The second-order valence-corrected chi connectivity index (χ2v) is 7.30.